The smallest absolute Gasteiger partial charge is 0.222 e. The van der Waals surface area contributed by atoms with Crippen molar-refractivity contribution in [3.05, 3.63) is 47.7 Å². The Kier molecular flexibility index (Phi) is 4.74. The highest BCUT2D eigenvalue weighted by Crippen LogP contribution is 2.29. The minimum absolute atomic E-state index is 0.194. The molecule has 3 heterocycles. The molecule has 1 aliphatic rings. The SMILES string of the molecule is CCC(=O)N1CC[C@@H](c2cc(Nc3ccc(F)cn3)cc(C)n2)C1. The molecule has 1 N–H and O–H groups in total. The number of aryl methyl sites for hydroxylation is 1. The van der Waals surface area contributed by atoms with Crippen molar-refractivity contribution in [2.45, 2.75) is 32.6 Å². The molecule has 6 heteroatoms. The van der Waals surface area contributed by atoms with Crippen LogP contribution in [0.15, 0.2) is 30.5 Å². The van der Waals surface area contributed by atoms with E-state index in [1.165, 1.54) is 12.3 Å². The van der Waals surface area contributed by atoms with Gasteiger partial charge in [0.25, 0.3) is 0 Å². The highest BCUT2D eigenvalue weighted by molar-refractivity contribution is 5.76. The number of anilines is 2. The number of nitrogens with zero attached hydrogens (tertiary/aromatic N) is 3. The summed E-state index contributed by atoms with van der Waals surface area (Å²) in [5.74, 6) is 0.669. The summed E-state index contributed by atoms with van der Waals surface area (Å²) < 4.78 is 13.0. The van der Waals surface area contributed by atoms with E-state index in [1.807, 2.05) is 30.9 Å². The summed E-state index contributed by atoms with van der Waals surface area (Å²) in [6.07, 6.45) is 2.65. The van der Waals surface area contributed by atoms with Gasteiger partial charge in [-0.25, -0.2) is 9.37 Å². The molecular formula is C18H21FN4O. The van der Waals surface area contributed by atoms with Crippen LogP contribution in [0.3, 0.4) is 0 Å². The molecule has 0 spiro atoms. The standard InChI is InChI=1S/C18H21FN4O/c1-3-18(24)23-7-6-13(11-23)16-9-15(8-12(2)21-16)22-17-5-4-14(19)10-20-17/h4-5,8-10,13H,3,6-7,11H2,1-2H3,(H,20,21,22)/t13-/m1/s1. The first-order chi connectivity index (χ1) is 11.5. The summed E-state index contributed by atoms with van der Waals surface area (Å²) in [6, 6.07) is 6.89. The molecule has 0 aliphatic carbocycles. The molecule has 0 aromatic carbocycles. The van der Waals surface area contributed by atoms with Gasteiger partial charge in [-0.1, -0.05) is 6.92 Å². The first-order valence-corrected chi connectivity index (χ1v) is 8.20. The molecule has 1 atom stereocenters. The third-order valence-corrected chi connectivity index (χ3v) is 4.23. The number of carbonyl (C=O) groups excluding carboxylic acids is 1. The van der Waals surface area contributed by atoms with E-state index in [1.54, 1.807) is 6.07 Å². The lowest BCUT2D eigenvalue weighted by molar-refractivity contribution is -0.129. The van der Waals surface area contributed by atoms with Crippen molar-refractivity contribution in [2.24, 2.45) is 0 Å². The molecule has 1 aliphatic heterocycles. The van der Waals surface area contributed by atoms with Crippen molar-refractivity contribution in [3.8, 4) is 0 Å². The van der Waals surface area contributed by atoms with Crippen LogP contribution in [0.1, 0.15) is 37.1 Å². The number of rotatable bonds is 4. The van der Waals surface area contributed by atoms with Gasteiger partial charge in [-0.3, -0.25) is 9.78 Å². The number of amides is 1. The minimum atomic E-state index is -0.362. The third kappa shape index (κ3) is 3.69. The number of pyridine rings is 2. The number of halogens is 1. The van der Waals surface area contributed by atoms with E-state index in [4.69, 9.17) is 0 Å². The van der Waals surface area contributed by atoms with Gasteiger partial charge in [-0.2, -0.15) is 0 Å². The van der Waals surface area contributed by atoms with Crippen molar-refractivity contribution >= 4 is 17.4 Å². The number of nitrogens with one attached hydrogen (secondary N) is 1. The summed E-state index contributed by atoms with van der Waals surface area (Å²) >= 11 is 0. The topological polar surface area (TPSA) is 58.1 Å². The van der Waals surface area contributed by atoms with Gasteiger partial charge >= 0.3 is 0 Å². The lowest BCUT2D eigenvalue weighted by atomic mass is 10.0. The molecular weight excluding hydrogens is 307 g/mol. The first kappa shape index (κ1) is 16.4. The van der Waals surface area contributed by atoms with Crippen LogP contribution in [-0.2, 0) is 4.79 Å². The van der Waals surface area contributed by atoms with Gasteiger partial charge in [-0.05, 0) is 37.6 Å². The lowest BCUT2D eigenvalue weighted by Gasteiger charge is -2.16. The Morgan fingerprint density at radius 3 is 2.96 bits per heavy atom. The quantitative estimate of drug-likeness (QED) is 0.934. The predicted molar refractivity (Wildman–Crippen MR) is 90.7 cm³/mol. The van der Waals surface area contributed by atoms with Crippen molar-refractivity contribution < 1.29 is 9.18 Å². The molecule has 0 radical (unpaired) electrons. The average Bonchev–Trinajstić information content (AvgIpc) is 3.06. The summed E-state index contributed by atoms with van der Waals surface area (Å²) in [6.45, 7) is 5.33. The number of carbonyl (C=O) groups is 1. The fraction of sp³-hybridized carbons (Fsp3) is 0.389. The van der Waals surface area contributed by atoms with Gasteiger partial charge in [0.1, 0.15) is 11.6 Å². The normalized spacial score (nSPS) is 17.1. The van der Waals surface area contributed by atoms with Crippen LogP contribution in [0.25, 0.3) is 0 Å². The summed E-state index contributed by atoms with van der Waals surface area (Å²) in [7, 11) is 0. The van der Waals surface area contributed by atoms with Gasteiger partial charge in [0, 0.05) is 42.5 Å². The van der Waals surface area contributed by atoms with Gasteiger partial charge in [-0.15, -0.1) is 0 Å². The lowest BCUT2D eigenvalue weighted by Crippen LogP contribution is -2.27. The van der Waals surface area contributed by atoms with E-state index < -0.39 is 0 Å². The second-order valence-electron chi connectivity index (χ2n) is 6.09. The fourth-order valence-corrected chi connectivity index (χ4v) is 3.02. The number of aromatic nitrogens is 2. The molecule has 1 fully saturated rings. The molecule has 24 heavy (non-hydrogen) atoms. The maximum absolute atomic E-state index is 13.0. The van der Waals surface area contributed by atoms with Crippen molar-refractivity contribution in [2.75, 3.05) is 18.4 Å². The number of hydrogen-bond donors (Lipinski definition) is 1. The Labute approximate surface area is 140 Å². The average molecular weight is 328 g/mol. The maximum atomic E-state index is 13.0. The van der Waals surface area contributed by atoms with Crippen LogP contribution in [-0.4, -0.2) is 33.9 Å². The Morgan fingerprint density at radius 2 is 2.25 bits per heavy atom. The largest absolute Gasteiger partial charge is 0.342 e. The molecule has 0 saturated carbocycles. The summed E-state index contributed by atoms with van der Waals surface area (Å²) in [4.78, 5) is 22.4. The van der Waals surface area contributed by atoms with Crippen molar-refractivity contribution in [1.29, 1.82) is 0 Å². The highest BCUT2D eigenvalue weighted by atomic mass is 19.1. The molecule has 2 aromatic rings. The molecule has 126 valence electrons. The second kappa shape index (κ2) is 6.95. The molecule has 2 aromatic heterocycles. The zero-order chi connectivity index (χ0) is 17.1. The zero-order valence-corrected chi connectivity index (χ0v) is 13.9. The Morgan fingerprint density at radius 1 is 1.42 bits per heavy atom. The van der Waals surface area contributed by atoms with E-state index in [-0.39, 0.29) is 17.6 Å². The number of hydrogen-bond acceptors (Lipinski definition) is 4. The zero-order valence-electron chi connectivity index (χ0n) is 13.9. The highest BCUT2D eigenvalue weighted by Gasteiger charge is 2.27. The molecule has 1 amide bonds. The Hall–Kier alpha value is -2.50. The van der Waals surface area contributed by atoms with Gasteiger partial charge in [0.2, 0.25) is 5.91 Å². The van der Waals surface area contributed by atoms with Gasteiger partial charge < -0.3 is 10.2 Å². The monoisotopic (exact) mass is 328 g/mol. The van der Waals surface area contributed by atoms with Crippen LogP contribution >= 0.6 is 0 Å². The molecule has 1 saturated heterocycles. The molecule has 3 rings (SSSR count). The molecule has 0 unspecified atom stereocenters. The predicted octanol–water partition coefficient (Wildman–Crippen LogP) is 3.39. The van der Waals surface area contributed by atoms with E-state index in [0.29, 0.717) is 12.2 Å². The summed E-state index contributed by atoms with van der Waals surface area (Å²) in [5, 5.41) is 3.18. The van der Waals surface area contributed by atoms with E-state index in [0.717, 1.165) is 36.6 Å². The summed E-state index contributed by atoms with van der Waals surface area (Å²) in [5.41, 5.74) is 2.75. The van der Waals surface area contributed by atoms with Gasteiger partial charge in [0.15, 0.2) is 0 Å². The fourth-order valence-electron chi connectivity index (χ4n) is 3.02. The van der Waals surface area contributed by atoms with Crippen LogP contribution in [0, 0.1) is 12.7 Å². The van der Waals surface area contributed by atoms with Crippen LogP contribution in [0.4, 0.5) is 15.9 Å². The molecule has 5 nitrogen and oxygen atoms in total. The first-order valence-electron chi connectivity index (χ1n) is 8.20. The van der Waals surface area contributed by atoms with E-state index in [2.05, 4.69) is 15.3 Å². The van der Waals surface area contributed by atoms with Crippen molar-refractivity contribution in [1.82, 2.24) is 14.9 Å². The number of likely N-dealkylation sites (tertiary alicyclic amines) is 1. The van der Waals surface area contributed by atoms with Gasteiger partial charge in [0.05, 0.1) is 6.20 Å². The van der Waals surface area contributed by atoms with E-state index in [9.17, 15) is 9.18 Å². The van der Waals surface area contributed by atoms with Crippen LogP contribution in [0.2, 0.25) is 0 Å². The minimum Gasteiger partial charge on any atom is -0.342 e. The third-order valence-electron chi connectivity index (χ3n) is 4.23. The molecule has 0 bridgehead atoms. The maximum Gasteiger partial charge on any atom is 0.222 e. The second-order valence-corrected chi connectivity index (χ2v) is 6.09. The van der Waals surface area contributed by atoms with Crippen LogP contribution < -0.4 is 5.32 Å². The Balaban J connectivity index is 1.77. The van der Waals surface area contributed by atoms with E-state index >= 15 is 0 Å². The van der Waals surface area contributed by atoms with Crippen molar-refractivity contribution in [3.63, 3.8) is 0 Å². The van der Waals surface area contributed by atoms with Crippen LogP contribution in [0.5, 0.6) is 0 Å². The Bertz CT molecular complexity index is 732.